The monoisotopic (exact) mass is 305 g/mol. The van der Waals surface area contributed by atoms with Crippen LogP contribution in [0.1, 0.15) is 10.4 Å². The Kier molecular flexibility index (Phi) is 2.94. The van der Waals surface area contributed by atoms with Crippen LogP contribution in [0.3, 0.4) is 0 Å². The molecule has 0 saturated heterocycles. The molecule has 0 aliphatic rings. The Hall–Kier alpha value is -3.41. The predicted octanol–water partition coefficient (Wildman–Crippen LogP) is 3.38. The zero-order chi connectivity index (χ0) is 15.8. The van der Waals surface area contributed by atoms with Crippen molar-refractivity contribution in [1.29, 1.82) is 0 Å². The largest absolute Gasteiger partial charge is 0.478 e. The first kappa shape index (κ1) is 13.3. The Morgan fingerprint density at radius 1 is 1.17 bits per heavy atom. The van der Waals surface area contributed by atoms with Crippen LogP contribution in [0.5, 0.6) is 0 Å². The molecule has 2 heterocycles. The highest BCUT2D eigenvalue weighted by Crippen LogP contribution is 2.26. The third kappa shape index (κ3) is 2.36. The van der Waals surface area contributed by atoms with Gasteiger partial charge in [0.1, 0.15) is 5.52 Å². The van der Waals surface area contributed by atoms with Gasteiger partial charge in [0.25, 0.3) is 0 Å². The average Bonchev–Trinajstić information content (AvgIpc) is 3.23. The minimum Gasteiger partial charge on any atom is -0.478 e. The van der Waals surface area contributed by atoms with Gasteiger partial charge in [-0.1, -0.05) is 6.07 Å². The van der Waals surface area contributed by atoms with Gasteiger partial charge in [-0.05, 0) is 30.3 Å². The van der Waals surface area contributed by atoms with Gasteiger partial charge in [0, 0.05) is 24.0 Å². The van der Waals surface area contributed by atoms with Crippen molar-refractivity contribution < 1.29 is 14.3 Å². The van der Waals surface area contributed by atoms with Crippen molar-refractivity contribution in [1.82, 2.24) is 14.5 Å². The minimum absolute atomic E-state index is 0.198. The first-order chi connectivity index (χ1) is 11.2. The summed E-state index contributed by atoms with van der Waals surface area (Å²) in [5, 5.41) is 9.08. The summed E-state index contributed by atoms with van der Waals surface area (Å²) in [6.45, 7) is 0. The standard InChI is InChI=1S/C17H11N3O3/c21-17(22)12-3-1-2-11(8-12)16-19-14-5-4-13(9-15(14)23-16)20-7-6-18-10-20/h1-10H,(H,21,22). The fourth-order valence-electron chi connectivity index (χ4n) is 2.39. The minimum atomic E-state index is -0.981. The topological polar surface area (TPSA) is 81.1 Å². The fourth-order valence-corrected chi connectivity index (χ4v) is 2.39. The maximum absolute atomic E-state index is 11.1. The predicted molar refractivity (Wildman–Crippen MR) is 83.5 cm³/mol. The zero-order valence-corrected chi connectivity index (χ0v) is 11.9. The maximum atomic E-state index is 11.1. The number of benzene rings is 2. The van der Waals surface area contributed by atoms with E-state index in [0.29, 0.717) is 22.6 Å². The van der Waals surface area contributed by atoms with Crippen LogP contribution in [0.15, 0.2) is 65.6 Å². The Morgan fingerprint density at radius 2 is 2.09 bits per heavy atom. The van der Waals surface area contributed by atoms with E-state index < -0.39 is 5.97 Å². The maximum Gasteiger partial charge on any atom is 0.335 e. The summed E-state index contributed by atoms with van der Waals surface area (Å²) in [5.41, 5.74) is 3.09. The number of fused-ring (bicyclic) bond motifs is 1. The summed E-state index contributed by atoms with van der Waals surface area (Å²) in [6, 6.07) is 12.2. The molecule has 4 rings (SSSR count). The molecular formula is C17H11N3O3. The van der Waals surface area contributed by atoms with Gasteiger partial charge in [0.15, 0.2) is 5.58 Å². The van der Waals surface area contributed by atoms with Crippen LogP contribution in [-0.4, -0.2) is 25.6 Å². The van der Waals surface area contributed by atoms with E-state index in [1.54, 1.807) is 30.7 Å². The Labute approximate surface area is 130 Å². The summed E-state index contributed by atoms with van der Waals surface area (Å²) in [5.74, 6) is -0.587. The van der Waals surface area contributed by atoms with Gasteiger partial charge in [-0.3, -0.25) is 0 Å². The second-order valence-electron chi connectivity index (χ2n) is 5.03. The molecule has 0 spiro atoms. The highest BCUT2D eigenvalue weighted by atomic mass is 16.4. The summed E-state index contributed by atoms with van der Waals surface area (Å²) in [6.07, 6.45) is 5.25. The van der Waals surface area contributed by atoms with E-state index in [1.165, 1.54) is 6.07 Å². The molecule has 4 aromatic rings. The van der Waals surface area contributed by atoms with Gasteiger partial charge in [0.05, 0.1) is 17.6 Å². The fraction of sp³-hybridized carbons (Fsp3) is 0. The Balaban J connectivity index is 1.80. The van der Waals surface area contributed by atoms with Gasteiger partial charge in [0.2, 0.25) is 5.89 Å². The van der Waals surface area contributed by atoms with E-state index in [2.05, 4.69) is 9.97 Å². The third-order valence-corrected chi connectivity index (χ3v) is 3.53. The van der Waals surface area contributed by atoms with Crippen LogP contribution in [0.2, 0.25) is 0 Å². The molecule has 0 aliphatic carbocycles. The second-order valence-corrected chi connectivity index (χ2v) is 5.03. The number of rotatable bonds is 3. The Morgan fingerprint density at radius 3 is 2.87 bits per heavy atom. The first-order valence-electron chi connectivity index (χ1n) is 6.93. The number of carbonyl (C=O) groups is 1. The number of aromatic nitrogens is 3. The number of oxazole rings is 1. The molecule has 2 aromatic carbocycles. The van der Waals surface area contributed by atoms with Gasteiger partial charge in [-0.15, -0.1) is 0 Å². The molecule has 0 atom stereocenters. The van der Waals surface area contributed by atoms with E-state index in [9.17, 15) is 4.79 Å². The molecule has 0 bridgehead atoms. The van der Waals surface area contributed by atoms with Crippen LogP contribution in [0.25, 0.3) is 28.2 Å². The highest BCUT2D eigenvalue weighted by Gasteiger charge is 2.11. The molecule has 1 N–H and O–H groups in total. The van der Waals surface area contributed by atoms with E-state index in [1.807, 2.05) is 29.0 Å². The van der Waals surface area contributed by atoms with Crippen molar-refractivity contribution in [2.75, 3.05) is 0 Å². The lowest BCUT2D eigenvalue weighted by Crippen LogP contribution is -1.95. The number of imidazole rings is 1. The molecule has 6 nitrogen and oxygen atoms in total. The van der Waals surface area contributed by atoms with E-state index in [-0.39, 0.29) is 5.56 Å². The molecule has 6 heteroatoms. The van der Waals surface area contributed by atoms with Crippen molar-refractivity contribution >= 4 is 17.1 Å². The van der Waals surface area contributed by atoms with Crippen molar-refractivity contribution in [2.24, 2.45) is 0 Å². The second kappa shape index (κ2) is 5.10. The summed E-state index contributed by atoms with van der Waals surface area (Å²) in [7, 11) is 0. The summed E-state index contributed by atoms with van der Waals surface area (Å²) < 4.78 is 7.66. The lowest BCUT2D eigenvalue weighted by molar-refractivity contribution is 0.0697. The first-order valence-corrected chi connectivity index (χ1v) is 6.93. The van der Waals surface area contributed by atoms with Gasteiger partial charge < -0.3 is 14.1 Å². The normalized spacial score (nSPS) is 11.0. The van der Waals surface area contributed by atoms with Crippen LogP contribution < -0.4 is 0 Å². The molecule has 0 radical (unpaired) electrons. The lowest BCUT2D eigenvalue weighted by atomic mass is 10.1. The quantitative estimate of drug-likeness (QED) is 0.627. The van der Waals surface area contributed by atoms with Crippen LogP contribution in [0.4, 0.5) is 0 Å². The van der Waals surface area contributed by atoms with Crippen LogP contribution in [0, 0.1) is 0 Å². The van der Waals surface area contributed by atoms with Crippen molar-refractivity contribution in [2.45, 2.75) is 0 Å². The van der Waals surface area contributed by atoms with Gasteiger partial charge >= 0.3 is 5.97 Å². The van der Waals surface area contributed by atoms with Crippen molar-refractivity contribution in [3.8, 4) is 17.1 Å². The van der Waals surface area contributed by atoms with Gasteiger partial charge in [-0.2, -0.15) is 0 Å². The molecule has 2 aromatic heterocycles. The van der Waals surface area contributed by atoms with Crippen molar-refractivity contribution in [3.63, 3.8) is 0 Å². The molecule has 0 fully saturated rings. The van der Waals surface area contributed by atoms with Crippen LogP contribution >= 0.6 is 0 Å². The van der Waals surface area contributed by atoms with E-state index in [4.69, 9.17) is 9.52 Å². The van der Waals surface area contributed by atoms with Crippen LogP contribution in [-0.2, 0) is 0 Å². The van der Waals surface area contributed by atoms with E-state index in [0.717, 1.165) is 5.69 Å². The highest BCUT2D eigenvalue weighted by molar-refractivity contribution is 5.89. The zero-order valence-electron chi connectivity index (χ0n) is 11.9. The molecule has 112 valence electrons. The Bertz CT molecular complexity index is 1000. The SMILES string of the molecule is O=C(O)c1cccc(-c2nc3ccc(-n4ccnc4)cc3o2)c1. The molecular weight excluding hydrogens is 294 g/mol. The smallest absolute Gasteiger partial charge is 0.335 e. The molecule has 0 unspecified atom stereocenters. The van der Waals surface area contributed by atoms with Gasteiger partial charge in [-0.25, -0.2) is 14.8 Å². The molecule has 0 saturated carbocycles. The summed E-state index contributed by atoms with van der Waals surface area (Å²) in [4.78, 5) is 19.5. The number of hydrogen-bond acceptors (Lipinski definition) is 4. The summed E-state index contributed by atoms with van der Waals surface area (Å²) >= 11 is 0. The lowest BCUT2D eigenvalue weighted by Gasteiger charge is -1.99. The number of carboxylic acid groups (broad SMARTS) is 1. The number of nitrogens with zero attached hydrogens (tertiary/aromatic N) is 3. The number of hydrogen-bond donors (Lipinski definition) is 1. The molecule has 23 heavy (non-hydrogen) atoms. The third-order valence-electron chi connectivity index (χ3n) is 3.53. The van der Waals surface area contributed by atoms with E-state index >= 15 is 0 Å². The average molecular weight is 305 g/mol. The number of aromatic carboxylic acids is 1. The number of carboxylic acids is 1. The molecule has 0 aliphatic heterocycles. The molecule has 0 amide bonds. The van der Waals surface area contributed by atoms with Crippen molar-refractivity contribution in [3.05, 3.63) is 66.7 Å².